The van der Waals surface area contributed by atoms with Crippen molar-refractivity contribution in [3.63, 3.8) is 0 Å². The Morgan fingerprint density at radius 1 is 1.40 bits per heavy atom. The molecule has 90 valence electrons. The molecule has 0 spiro atoms. The van der Waals surface area contributed by atoms with Gasteiger partial charge >= 0.3 is 6.09 Å². The first-order chi connectivity index (χ1) is 6.72. The molecule has 15 heavy (non-hydrogen) atoms. The molecular formula is C10H22N2O3. The van der Waals surface area contributed by atoms with E-state index in [1.54, 1.807) is 20.8 Å². The fraction of sp³-hybridized carbons (Fsp3) is 0.900. The first kappa shape index (κ1) is 14.2. The van der Waals surface area contributed by atoms with Crippen molar-refractivity contribution in [1.82, 2.24) is 5.01 Å². The van der Waals surface area contributed by atoms with Gasteiger partial charge in [-0.15, -0.1) is 0 Å². The molecule has 1 amide bonds. The number of nitrogens with zero attached hydrogens (tertiary/aromatic N) is 1. The number of hydrogen-bond acceptors (Lipinski definition) is 4. The second-order valence-electron chi connectivity index (χ2n) is 4.59. The summed E-state index contributed by atoms with van der Waals surface area (Å²) in [6.45, 7) is 9.97. The maximum Gasteiger partial charge on any atom is 0.424 e. The van der Waals surface area contributed by atoms with Crippen molar-refractivity contribution in [1.29, 1.82) is 0 Å². The molecule has 0 radical (unpaired) electrons. The minimum absolute atomic E-state index is 0.136. The van der Waals surface area contributed by atoms with E-state index in [2.05, 4.69) is 0 Å². The Bertz CT molecular complexity index is 199. The van der Waals surface area contributed by atoms with Gasteiger partial charge in [-0.25, -0.2) is 15.6 Å². The van der Waals surface area contributed by atoms with E-state index < -0.39 is 11.7 Å². The van der Waals surface area contributed by atoms with Crippen LogP contribution in [-0.2, 0) is 9.47 Å². The third-order valence-electron chi connectivity index (χ3n) is 1.41. The summed E-state index contributed by atoms with van der Waals surface area (Å²) in [7, 11) is 0. The molecule has 0 saturated heterocycles. The van der Waals surface area contributed by atoms with Crippen LogP contribution in [0.1, 0.15) is 34.6 Å². The Labute approximate surface area is 91.5 Å². The van der Waals surface area contributed by atoms with E-state index in [0.29, 0.717) is 13.2 Å². The molecule has 5 nitrogen and oxygen atoms in total. The zero-order chi connectivity index (χ0) is 12.1. The SMILES string of the molecule is CC(C)OCCN(N)C(=O)OC(C)(C)C. The van der Waals surface area contributed by atoms with Gasteiger partial charge in [-0.1, -0.05) is 0 Å². The summed E-state index contributed by atoms with van der Waals surface area (Å²) in [6, 6.07) is 0. The monoisotopic (exact) mass is 218 g/mol. The average Bonchev–Trinajstić information content (AvgIpc) is 1.99. The topological polar surface area (TPSA) is 64.8 Å². The van der Waals surface area contributed by atoms with Gasteiger partial charge in [0.1, 0.15) is 5.60 Å². The first-order valence-electron chi connectivity index (χ1n) is 5.09. The molecule has 0 aliphatic carbocycles. The molecule has 0 aliphatic heterocycles. The van der Waals surface area contributed by atoms with Crippen LogP contribution in [0.15, 0.2) is 0 Å². The number of carbonyl (C=O) groups excluding carboxylic acids is 1. The van der Waals surface area contributed by atoms with Crippen LogP contribution in [-0.4, -0.2) is 36.0 Å². The van der Waals surface area contributed by atoms with Gasteiger partial charge in [0.15, 0.2) is 0 Å². The zero-order valence-electron chi connectivity index (χ0n) is 10.2. The minimum atomic E-state index is -0.533. The van der Waals surface area contributed by atoms with Crippen LogP contribution in [0.25, 0.3) is 0 Å². The van der Waals surface area contributed by atoms with Gasteiger partial charge in [0, 0.05) is 0 Å². The predicted molar refractivity (Wildman–Crippen MR) is 58.2 cm³/mol. The fourth-order valence-corrected chi connectivity index (χ4v) is 0.799. The van der Waals surface area contributed by atoms with Gasteiger partial charge in [0.05, 0.1) is 19.3 Å². The van der Waals surface area contributed by atoms with E-state index in [1.807, 2.05) is 13.8 Å². The minimum Gasteiger partial charge on any atom is -0.443 e. The van der Waals surface area contributed by atoms with Crippen molar-refractivity contribution in [3.8, 4) is 0 Å². The van der Waals surface area contributed by atoms with Gasteiger partial charge in [-0.05, 0) is 34.6 Å². The van der Waals surface area contributed by atoms with Gasteiger partial charge in [0.25, 0.3) is 0 Å². The summed E-state index contributed by atoms with van der Waals surface area (Å²) in [5.41, 5.74) is -0.520. The maximum absolute atomic E-state index is 11.4. The van der Waals surface area contributed by atoms with Crippen molar-refractivity contribution in [3.05, 3.63) is 0 Å². The van der Waals surface area contributed by atoms with E-state index in [4.69, 9.17) is 15.3 Å². The molecule has 0 bridgehead atoms. The fourth-order valence-electron chi connectivity index (χ4n) is 0.799. The molecule has 0 atom stereocenters. The van der Waals surface area contributed by atoms with E-state index in [1.165, 1.54) is 0 Å². The summed E-state index contributed by atoms with van der Waals surface area (Å²) in [5.74, 6) is 5.49. The van der Waals surface area contributed by atoms with Gasteiger partial charge in [-0.3, -0.25) is 0 Å². The highest BCUT2D eigenvalue weighted by molar-refractivity contribution is 5.67. The van der Waals surface area contributed by atoms with E-state index in [9.17, 15) is 4.79 Å². The molecule has 0 aromatic rings. The van der Waals surface area contributed by atoms with Crippen LogP contribution in [0.4, 0.5) is 4.79 Å². The highest BCUT2D eigenvalue weighted by Gasteiger charge is 2.19. The van der Waals surface area contributed by atoms with Crippen molar-refractivity contribution >= 4 is 6.09 Å². The number of hydrogen-bond donors (Lipinski definition) is 1. The van der Waals surface area contributed by atoms with E-state index in [0.717, 1.165) is 5.01 Å². The molecule has 0 heterocycles. The van der Waals surface area contributed by atoms with Gasteiger partial charge in [0.2, 0.25) is 0 Å². The van der Waals surface area contributed by atoms with E-state index >= 15 is 0 Å². The normalized spacial score (nSPS) is 11.7. The first-order valence-corrected chi connectivity index (χ1v) is 5.09. The van der Waals surface area contributed by atoms with Crippen LogP contribution >= 0.6 is 0 Å². The molecule has 0 aromatic heterocycles. The predicted octanol–water partition coefficient (Wildman–Crippen LogP) is 1.52. The lowest BCUT2D eigenvalue weighted by Crippen LogP contribution is -2.43. The Balaban J connectivity index is 3.80. The van der Waals surface area contributed by atoms with Crippen LogP contribution in [0.2, 0.25) is 0 Å². The highest BCUT2D eigenvalue weighted by Crippen LogP contribution is 2.08. The van der Waals surface area contributed by atoms with Crippen LogP contribution in [0, 0.1) is 0 Å². The number of rotatable bonds is 4. The Hall–Kier alpha value is -0.810. The Morgan fingerprint density at radius 3 is 2.33 bits per heavy atom. The molecular weight excluding hydrogens is 196 g/mol. The Kier molecular flexibility index (Phi) is 5.60. The van der Waals surface area contributed by atoms with Crippen molar-refractivity contribution in [2.75, 3.05) is 13.2 Å². The molecule has 0 aromatic carbocycles. The molecule has 5 heteroatoms. The molecule has 0 rings (SSSR count). The van der Waals surface area contributed by atoms with Crippen molar-refractivity contribution in [2.24, 2.45) is 5.84 Å². The summed E-state index contributed by atoms with van der Waals surface area (Å²) in [5, 5.41) is 1.02. The highest BCUT2D eigenvalue weighted by atomic mass is 16.6. The second kappa shape index (κ2) is 5.92. The van der Waals surface area contributed by atoms with Gasteiger partial charge in [-0.2, -0.15) is 0 Å². The van der Waals surface area contributed by atoms with Crippen molar-refractivity contribution < 1.29 is 14.3 Å². The number of hydrazine groups is 1. The number of carbonyl (C=O) groups is 1. The standard InChI is InChI=1S/C10H22N2O3/c1-8(2)14-7-6-12(11)9(13)15-10(3,4)5/h8H,6-7,11H2,1-5H3. The van der Waals surface area contributed by atoms with Gasteiger partial charge < -0.3 is 9.47 Å². The lowest BCUT2D eigenvalue weighted by Gasteiger charge is -2.24. The quantitative estimate of drug-likeness (QED) is 0.441. The van der Waals surface area contributed by atoms with E-state index in [-0.39, 0.29) is 6.10 Å². The molecule has 2 N–H and O–H groups in total. The van der Waals surface area contributed by atoms with Crippen molar-refractivity contribution in [2.45, 2.75) is 46.3 Å². The smallest absolute Gasteiger partial charge is 0.424 e. The zero-order valence-corrected chi connectivity index (χ0v) is 10.2. The Morgan fingerprint density at radius 2 is 1.93 bits per heavy atom. The maximum atomic E-state index is 11.4. The molecule has 0 saturated carbocycles. The largest absolute Gasteiger partial charge is 0.443 e. The summed E-state index contributed by atoms with van der Waals surface area (Å²) in [4.78, 5) is 11.4. The third kappa shape index (κ3) is 8.20. The van der Waals surface area contributed by atoms with Crippen LogP contribution in [0.3, 0.4) is 0 Å². The third-order valence-corrected chi connectivity index (χ3v) is 1.41. The molecule has 0 fully saturated rings. The molecule has 0 aliphatic rings. The number of nitrogens with two attached hydrogens (primary N) is 1. The van der Waals surface area contributed by atoms with Crippen LogP contribution in [0.5, 0.6) is 0 Å². The number of amides is 1. The lowest BCUT2D eigenvalue weighted by atomic mass is 10.2. The molecule has 0 unspecified atom stereocenters. The lowest BCUT2D eigenvalue weighted by molar-refractivity contribution is 0.0115. The average molecular weight is 218 g/mol. The van der Waals surface area contributed by atoms with Crippen LogP contribution < -0.4 is 5.84 Å². The number of ether oxygens (including phenoxy) is 2. The second-order valence-corrected chi connectivity index (χ2v) is 4.59. The summed E-state index contributed by atoms with van der Waals surface area (Å²) < 4.78 is 10.3. The summed E-state index contributed by atoms with van der Waals surface area (Å²) >= 11 is 0. The summed E-state index contributed by atoms with van der Waals surface area (Å²) in [6.07, 6.45) is -0.396.